The Hall–Kier alpha value is -2.12. The van der Waals surface area contributed by atoms with Gasteiger partial charge in [-0.15, -0.1) is 0 Å². The number of carbonyl (C=O) groups is 4. The van der Waals surface area contributed by atoms with E-state index >= 15 is 0 Å². The molecule has 0 saturated carbocycles. The molecule has 0 unspecified atom stereocenters. The van der Waals surface area contributed by atoms with Crippen LogP contribution in [0.5, 0.6) is 0 Å². The van der Waals surface area contributed by atoms with Crippen LogP contribution in [0.1, 0.15) is 6.92 Å². The highest BCUT2D eigenvalue weighted by Gasteiger charge is 2.48. The zero-order valence-corrected chi connectivity index (χ0v) is 9.96. The summed E-state index contributed by atoms with van der Waals surface area (Å²) in [6, 6.07) is -1.19. The maximum Gasteiger partial charge on any atom is 0.328 e. The highest BCUT2D eigenvalue weighted by Crippen LogP contribution is 2.21. The minimum absolute atomic E-state index is 0.136. The molecular formula is C10H14N4O4. The number of rotatable bonds is 2. The maximum atomic E-state index is 12.0. The van der Waals surface area contributed by atoms with Crippen LogP contribution in [0.15, 0.2) is 0 Å². The summed E-state index contributed by atoms with van der Waals surface area (Å²) in [5, 5.41) is 0. The van der Waals surface area contributed by atoms with Crippen molar-refractivity contribution in [3.05, 3.63) is 0 Å². The highest BCUT2D eigenvalue weighted by atomic mass is 16.2. The average molecular weight is 254 g/mol. The first-order chi connectivity index (χ1) is 8.41. The molecule has 1 atom stereocenters. The number of imide groups is 1. The van der Waals surface area contributed by atoms with Crippen LogP contribution in [0.3, 0.4) is 0 Å². The van der Waals surface area contributed by atoms with Gasteiger partial charge in [0.1, 0.15) is 12.6 Å². The molecule has 2 aliphatic heterocycles. The first-order valence-corrected chi connectivity index (χ1v) is 5.57. The fraction of sp³-hybridized carbons (Fsp3) is 0.600. The molecule has 0 aliphatic carbocycles. The summed E-state index contributed by atoms with van der Waals surface area (Å²) >= 11 is 0. The summed E-state index contributed by atoms with van der Waals surface area (Å²) in [5.41, 5.74) is 4.99. The van der Waals surface area contributed by atoms with Gasteiger partial charge < -0.3 is 15.5 Å². The standard InChI is InChI=1S/C10H14N4O4/c1-6(15)12-2-3-13-7(4-12)9(17)14(10(13)18)5-8(11)16/h7H,2-5H2,1H3,(H2,11,16)/t7-/m0/s1. The number of fused-ring (bicyclic) bond motifs is 1. The lowest BCUT2D eigenvalue weighted by molar-refractivity contribution is -0.136. The molecule has 0 bridgehead atoms. The number of nitrogens with zero attached hydrogens (tertiary/aromatic N) is 3. The third-order valence-electron chi connectivity index (χ3n) is 3.17. The van der Waals surface area contributed by atoms with Gasteiger partial charge in [-0.25, -0.2) is 4.79 Å². The predicted octanol–water partition coefficient (Wildman–Crippen LogP) is -2.03. The lowest BCUT2D eigenvalue weighted by atomic mass is 10.2. The number of amides is 5. The van der Waals surface area contributed by atoms with Gasteiger partial charge >= 0.3 is 6.03 Å². The zero-order chi connectivity index (χ0) is 13.4. The quantitative estimate of drug-likeness (QED) is 0.573. The van der Waals surface area contributed by atoms with Gasteiger partial charge in [-0.1, -0.05) is 0 Å². The number of piperazine rings is 1. The van der Waals surface area contributed by atoms with Crippen LogP contribution in [0, 0.1) is 0 Å². The van der Waals surface area contributed by atoms with Gasteiger partial charge in [0.25, 0.3) is 5.91 Å². The number of urea groups is 1. The van der Waals surface area contributed by atoms with Crippen LogP contribution in [0.2, 0.25) is 0 Å². The van der Waals surface area contributed by atoms with Crippen molar-refractivity contribution in [1.29, 1.82) is 0 Å². The molecule has 2 rings (SSSR count). The average Bonchev–Trinajstić information content (AvgIpc) is 2.53. The Kier molecular flexibility index (Phi) is 2.93. The van der Waals surface area contributed by atoms with E-state index in [4.69, 9.17) is 5.73 Å². The number of hydrogen-bond donors (Lipinski definition) is 1. The molecule has 8 nitrogen and oxygen atoms in total. The largest absolute Gasteiger partial charge is 0.368 e. The molecule has 2 heterocycles. The second-order valence-electron chi connectivity index (χ2n) is 4.35. The second-order valence-corrected chi connectivity index (χ2v) is 4.35. The number of primary amides is 1. The molecule has 0 radical (unpaired) electrons. The van der Waals surface area contributed by atoms with Crippen LogP contribution in [0.25, 0.3) is 0 Å². The Morgan fingerprint density at radius 1 is 1.33 bits per heavy atom. The van der Waals surface area contributed by atoms with Crippen LogP contribution in [-0.4, -0.2) is 70.7 Å². The summed E-state index contributed by atoms with van der Waals surface area (Å²) in [5.74, 6) is -1.34. The van der Waals surface area contributed by atoms with E-state index < -0.39 is 30.4 Å². The van der Waals surface area contributed by atoms with Crippen molar-refractivity contribution in [2.24, 2.45) is 5.73 Å². The van der Waals surface area contributed by atoms with Crippen molar-refractivity contribution in [3.8, 4) is 0 Å². The van der Waals surface area contributed by atoms with E-state index in [9.17, 15) is 19.2 Å². The van der Waals surface area contributed by atoms with Gasteiger partial charge in [-0.05, 0) is 0 Å². The Labute approximate surface area is 103 Å². The molecule has 18 heavy (non-hydrogen) atoms. The summed E-state index contributed by atoms with van der Waals surface area (Å²) < 4.78 is 0. The summed E-state index contributed by atoms with van der Waals surface area (Å²) in [7, 11) is 0. The normalized spacial score (nSPS) is 23.4. The molecule has 2 saturated heterocycles. The van der Waals surface area contributed by atoms with Gasteiger partial charge in [-0.3, -0.25) is 19.3 Å². The number of hydrogen-bond acceptors (Lipinski definition) is 4. The Balaban J connectivity index is 2.16. The number of carbonyl (C=O) groups excluding carboxylic acids is 4. The van der Waals surface area contributed by atoms with Crippen molar-refractivity contribution >= 4 is 23.8 Å². The van der Waals surface area contributed by atoms with Crippen molar-refractivity contribution in [2.75, 3.05) is 26.2 Å². The van der Waals surface area contributed by atoms with Crippen molar-refractivity contribution < 1.29 is 19.2 Å². The maximum absolute atomic E-state index is 12.0. The molecule has 0 aromatic heterocycles. The van der Waals surface area contributed by atoms with Crippen molar-refractivity contribution in [3.63, 3.8) is 0 Å². The molecule has 98 valence electrons. The van der Waals surface area contributed by atoms with E-state index in [2.05, 4.69) is 0 Å². The molecule has 0 aromatic rings. The molecule has 0 aromatic carbocycles. The van der Waals surface area contributed by atoms with E-state index in [1.807, 2.05) is 0 Å². The first-order valence-electron chi connectivity index (χ1n) is 5.57. The molecular weight excluding hydrogens is 240 g/mol. The van der Waals surface area contributed by atoms with Crippen molar-refractivity contribution in [1.82, 2.24) is 14.7 Å². The third kappa shape index (κ3) is 1.89. The molecule has 2 fully saturated rings. The SMILES string of the molecule is CC(=O)N1CCN2C(=O)N(CC(N)=O)C(=O)[C@@H]2C1. The van der Waals surface area contributed by atoms with Gasteiger partial charge in [0.05, 0.1) is 6.54 Å². The molecule has 2 aliphatic rings. The lowest BCUT2D eigenvalue weighted by Gasteiger charge is -2.34. The Morgan fingerprint density at radius 2 is 2.00 bits per heavy atom. The molecule has 2 N–H and O–H groups in total. The van der Waals surface area contributed by atoms with E-state index in [-0.39, 0.29) is 12.5 Å². The van der Waals surface area contributed by atoms with Crippen LogP contribution >= 0.6 is 0 Å². The molecule has 0 spiro atoms. The van der Waals surface area contributed by atoms with E-state index in [1.165, 1.54) is 16.7 Å². The summed E-state index contributed by atoms with van der Waals surface area (Å²) in [6.07, 6.45) is 0. The minimum atomic E-state index is -0.736. The third-order valence-corrected chi connectivity index (χ3v) is 3.17. The predicted molar refractivity (Wildman–Crippen MR) is 59.1 cm³/mol. The first kappa shape index (κ1) is 12.3. The monoisotopic (exact) mass is 254 g/mol. The molecule has 5 amide bonds. The van der Waals surface area contributed by atoms with Crippen LogP contribution < -0.4 is 5.73 Å². The van der Waals surface area contributed by atoms with Crippen LogP contribution in [-0.2, 0) is 14.4 Å². The van der Waals surface area contributed by atoms with Gasteiger partial charge in [0, 0.05) is 20.0 Å². The van der Waals surface area contributed by atoms with E-state index in [0.717, 1.165) is 4.90 Å². The van der Waals surface area contributed by atoms with Crippen molar-refractivity contribution in [2.45, 2.75) is 13.0 Å². The fourth-order valence-electron chi connectivity index (χ4n) is 2.24. The summed E-state index contributed by atoms with van der Waals surface area (Å²) in [4.78, 5) is 49.7. The van der Waals surface area contributed by atoms with Gasteiger partial charge in [0.15, 0.2) is 0 Å². The minimum Gasteiger partial charge on any atom is -0.368 e. The smallest absolute Gasteiger partial charge is 0.328 e. The zero-order valence-electron chi connectivity index (χ0n) is 9.96. The summed E-state index contributed by atoms with van der Waals surface area (Å²) in [6.45, 7) is 1.87. The molecule has 8 heteroatoms. The lowest BCUT2D eigenvalue weighted by Crippen LogP contribution is -2.54. The topological polar surface area (TPSA) is 104 Å². The van der Waals surface area contributed by atoms with Gasteiger partial charge in [-0.2, -0.15) is 0 Å². The Bertz CT molecular complexity index is 436. The highest BCUT2D eigenvalue weighted by molar-refractivity contribution is 6.06. The van der Waals surface area contributed by atoms with E-state index in [1.54, 1.807) is 0 Å². The fourth-order valence-corrected chi connectivity index (χ4v) is 2.24. The van der Waals surface area contributed by atoms with E-state index in [0.29, 0.717) is 13.1 Å². The Morgan fingerprint density at radius 3 is 2.56 bits per heavy atom. The number of nitrogens with two attached hydrogens (primary N) is 1. The van der Waals surface area contributed by atoms with Crippen LogP contribution in [0.4, 0.5) is 4.79 Å². The second kappa shape index (κ2) is 4.28. The van der Waals surface area contributed by atoms with Gasteiger partial charge in [0.2, 0.25) is 11.8 Å².